The summed E-state index contributed by atoms with van der Waals surface area (Å²) in [6.07, 6.45) is 0. The van der Waals surface area contributed by atoms with E-state index < -0.39 is 5.41 Å². The van der Waals surface area contributed by atoms with Gasteiger partial charge < -0.3 is 13.7 Å². The zero-order chi connectivity index (χ0) is 44.2. The fraction of sp³-hybridized carbons (Fsp3) is 0.0625. The number of para-hydroxylation sites is 2. The molecular weight excluding hydrogens is 815 g/mol. The number of rotatable bonds is 4. The number of hydrogen-bond acceptors (Lipinski definition) is 3. The predicted molar refractivity (Wildman–Crippen MR) is 275 cm³/mol. The van der Waals surface area contributed by atoms with E-state index in [1.807, 2.05) is 6.07 Å². The van der Waals surface area contributed by atoms with E-state index in [1.54, 1.807) is 0 Å². The molecule has 3 aliphatic rings. The quantitative estimate of drug-likeness (QED) is 0.177. The van der Waals surface area contributed by atoms with Gasteiger partial charge in [0.1, 0.15) is 16.7 Å². The molecule has 0 unspecified atom stereocenters. The minimum atomic E-state index is -0.489. The molecule has 0 saturated heterocycles. The Balaban J connectivity index is 1.04. The first-order chi connectivity index (χ1) is 33.0. The van der Waals surface area contributed by atoms with Crippen LogP contribution >= 0.6 is 0 Å². The van der Waals surface area contributed by atoms with Gasteiger partial charge in [0, 0.05) is 38.3 Å². The van der Waals surface area contributed by atoms with Gasteiger partial charge in [0.2, 0.25) is 0 Å². The zero-order valence-electron chi connectivity index (χ0n) is 37.0. The smallest absolute Gasteiger partial charge is 0.159 e. The van der Waals surface area contributed by atoms with Crippen molar-refractivity contribution in [1.29, 1.82) is 0 Å². The van der Waals surface area contributed by atoms with Crippen molar-refractivity contribution >= 4 is 60.9 Å². The summed E-state index contributed by atoms with van der Waals surface area (Å²) in [5.74, 6) is 0. The first-order valence-corrected chi connectivity index (χ1v) is 23.3. The molecule has 0 amide bonds. The van der Waals surface area contributed by atoms with E-state index in [4.69, 9.17) is 8.83 Å². The molecule has 67 heavy (non-hydrogen) atoms. The van der Waals surface area contributed by atoms with Gasteiger partial charge in [0.25, 0.3) is 0 Å². The molecule has 0 bridgehead atoms. The van der Waals surface area contributed by atoms with E-state index in [0.29, 0.717) is 0 Å². The third-order valence-electron chi connectivity index (χ3n) is 15.5. The average Bonchev–Trinajstić information content (AvgIpc) is 4.15. The summed E-state index contributed by atoms with van der Waals surface area (Å²) in [4.78, 5) is 2.43. The van der Waals surface area contributed by atoms with Crippen LogP contribution in [0.5, 0.6) is 0 Å². The van der Waals surface area contributed by atoms with Crippen LogP contribution in [0.25, 0.3) is 88.4 Å². The van der Waals surface area contributed by atoms with Gasteiger partial charge in [-0.25, -0.2) is 0 Å². The van der Waals surface area contributed by atoms with Crippen LogP contribution in [0.2, 0.25) is 0 Å². The maximum absolute atomic E-state index is 7.22. The van der Waals surface area contributed by atoms with Crippen molar-refractivity contribution < 1.29 is 8.83 Å². The van der Waals surface area contributed by atoms with E-state index >= 15 is 0 Å². The van der Waals surface area contributed by atoms with Crippen LogP contribution in [0.1, 0.15) is 47.2 Å². The Morgan fingerprint density at radius 2 is 0.881 bits per heavy atom. The van der Waals surface area contributed by atoms with Crippen LogP contribution in [0.4, 0.5) is 17.1 Å². The van der Waals surface area contributed by atoms with Crippen molar-refractivity contribution in [1.82, 2.24) is 0 Å². The number of furan rings is 2. The molecule has 15 rings (SSSR count). The first kappa shape index (κ1) is 36.9. The van der Waals surface area contributed by atoms with Crippen LogP contribution in [-0.4, -0.2) is 0 Å². The molecule has 0 fully saturated rings. The van der Waals surface area contributed by atoms with Crippen molar-refractivity contribution in [3.05, 3.63) is 246 Å². The number of benzene rings is 10. The molecule has 0 atom stereocenters. The number of hydrogen-bond donors (Lipinski definition) is 0. The largest absolute Gasteiger partial charge is 0.456 e. The van der Waals surface area contributed by atoms with Crippen molar-refractivity contribution in [2.45, 2.75) is 24.7 Å². The highest BCUT2D eigenvalue weighted by Crippen LogP contribution is 2.63. The van der Waals surface area contributed by atoms with Crippen molar-refractivity contribution in [3.63, 3.8) is 0 Å². The van der Waals surface area contributed by atoms with Crippen molar-refractivity contribution in [2.24, 2.45) is 0 Å². The van der Waals surface area contributed by atoms with E-state index in [2.05, 4.69) is 225 Å². The number of anilines is 3. The summed E-state index contributed by atoms with van der Waals surface area (Å²) in [7, 11) is 0. The van der Waals surface area contributed by atoms with E-state index in [9.17, 15) is 0 Å². The Morgan fingerprint density at radius 1 is 0.343 bits per heavy atom. The Kier molecular flexibility index (Phi) is 7.22. The average molecular weight is 856 g/mol. The second-order valence-electron chi connectivity index (χ2n) is 19.1. The third kappa shape index (κ3) is 4.75. The van der Waals surface area contributed by atoms with Gasteiger partial charge in [-0.2, -0.15) is 0 Å². The minimum Gasteiger partial charge on any atom is -0.456 e. The lowest BCUT2D eigenvalue weighted by atomic mass is 9.70. The lowest BCUT2D eigenvalue weighted by Gasteiger charge is -2.32. The van der Waals surface area contributed by atoms with Crippen LogP contribution in [0.15, 0.2) is 221 Å². The molecule has 3 nitrogen and oxygen atoms in total. The molecule has 2 aromatic heterocycles. The topological polar surface area (TPSA) is 29.5 Å². The summed E-state index contributed by atoms with van der Waals surface area (Å²) in [5.41, 5.74) is 23.8. The lowest BCUT2D eigenvalue weighted by Crippen LogP contribution is -2.26. The first-order valence-electron chi connectivity index (χ1n) is 23.3. The number of fused-ring (bicyclic) bond motifs is 20. The molecule has 3 heteroatoms. The van der Waals surface area contributed by atoms with Gasteiger partial charge in [0.15, 0.2) is 5.58 Å². The maximum Gasteiger partial charge on any atom is 0.159 e. The van der Waals surface area contributed by atoms with Gasteiger partial charge in [-0.05, 0) is 139 Å². The van der Waals surface area contributed by atoms with Crippen molar-refractivity contribution in [3.8, 4) is 44.5 Å². The van der Waals surface area contributed by atoms with Crippen LogP contribution in [0.3, 0.4) is 0 Å². The monoisotopic (exact) mass is 855 g/mol. The number of nitrogens with zero attached hydrogens (tertiary/aromatic N) is 1. The van der Waals surface area contributed by atoms with Crippen LogP contribution < -0.4 is 4.90 Å². The van der Waals surface area contributed by atoms with E-state index in [-0.39, 0.29) is 5.41 Å². The summed E-state index contributed by atoms with van der Waals surface area (Å²) in [6.45, 7) is 4.72. The molecule has 0 aliphatic heterocycles. The molecule has 2 heterocycles. The molecule has 10 aromatic carbocycles. The Bertz CT molecular complexity index is 4030. The van der Waals surface area contributed by atoms with Crippen molar-refractivity contribution in [2.75, 3.05) is 4.90 Å². The third-order valence-corrected chi connectivity index (χ3v) is 15.5. The van der Waals surface area contributed by atoms with Crippen LogP contribution in [0, 0.1) is 0 Å². The fourth-order valence-electron chi connectivity index (χ4n) is 12.6. The van der Waals surface area contributed by atoms with Gasteiger partial charge in [0.05, 0.1) is 11.1 Å². The van der Waals surface area contributed by atoms with Crippen LogP contribution in [-0.2, 0) is 10.8 Å². The van der Waals surface area contributed by atoms with Gasteiger partial charge in [-0.3, -0.25) is 0 Å². The Morgan fingerprint density at radius 3 is 1.58 bits per heavy atom. The molecule has 0 radical (unpaired) electrons. The highest BCUT2D eigenvalue weighted by molar-refractivity contribution is 6.27. The minimum absolute atomic E-state index is 0.148. The molecule has 1 spiro atoms. The lowest BCUT2D eigenvalue weighted by molar-refractivity contribution is 0.660. The fourth-order valence-corrected chi connectivity index (χ4v) is 12.6. The van der Waals surface area contributed by atoms with Gasteiger partial charge in [-0.1, -0.05) is 166 Å². The zero-order valence-corrected chi connectivity index (χ0v) is 37.0. The Labute approximate surface area is 387 Å². The normalized spacial score (nSPS) is 14.4. The summed E-state index contributed by atoms with van der Waals surface area (Å²) >= 11 is 0. The van der Waals surface area contributed by atoms with E-state index in [0.717, 1.165) is 72.1 Å². The second kappa shape index (κ2) is 13.1. The van der Waals surface area contributed by atoms with Gasteiger partial charge in [-0.15, -0.1) is 0 Å². The highest BCUT2D eigenvalue weighted by Gasteiger charge is 2.51. The second-order valence-corrected chi connectivity index (χ2v) is 19.1. The molecule has 0 saturated carbocycles. The summed E-state index contributed by atoms with van der Waals surface area (Å²) < 4.78 is 13.7. The molecule has 3 aliphatic carbocycles. The van der Waals surface area contributed by atoms with E-state index in [1.165, 1.54) is 66.8 Å². The van der Waals surface area contributed by atoms with Gasteiger partial charge >= 0.3 is 0 Å². The molecular formula is C64H41NO2. The molecule has 0 N–H and O–H groups in total. The Hall–Kier alpha value is -8.40. The molecule has 314 valence electrons. The maximum atomic E-state index is 7.22. The molecule has 12 aromatic rings. The summed E-state index contributed by atoms with van der Waals surface area (Å²) in [5, 5.41) is 4.26. The summed E-state index contributed by atoms with van der Waals surface area (Å²) in [6, 6.07) is 78.2. The SMILES string of the molecule is CC1(C)c2ccccc2-c2ccc(-c3cc(N(c4ccccc4)c4ccc5c(c4)C4(c6ccccc6-c6ccccc64)c4ccccc4-5)c4oc5ccc6oc7ccccc7c6c5c4c3)cc21. The predicted octanol–water partition coefficient (Wildman–Crippen LogP) is 17.3. The standard InChI is InChI=1S/C64H41NO2/c1-63(2)50-23-11-6-18-42(50)46-30-28-38(35-54(46)63)39-34-49-61-59(33-32-58-60(61)48-22-10-15-27-57(48)66-58)67-62(49)56(36-39)65(40-16-4-3-5-17-40)41-29-31-47-45-21-9-14-26-53(45)64(55(47)37-41)51-24-12-7-19-43(51)44-20-8-13-25-52(44)64/h3-37H,1-2H3. The highest BCUT2D eigenvalue weighted by atomic mass is 16.3.